The molecule has 0 saturated carbocycles. The van der Waals surface area contributed by atoms with Gasteiger partial charge in [-0.15, -0.1) is 0 Å². The fraction of sp³-hybridized carbons (Fsp3) is 0.417. The number of benzene rings is 3. The summed E-state index contributed by atoms with van der Waals surface area (Å²) in [6.45, 7) is 6.29. The number of urea groups is 1. The molecule has 0 saturated heterocycles. The third-order valence-corrected chi connectivity index (χ3v) is 8.06. The van der Waals surface area contributed by atoms with Gasteiger partial charge in [0.2, 0.25) is 0 Å². The van der Waals surface area contributed by atoms with Gasteiger partial charge in [0.05, 0.1) is 19.6 Å². The molecule has 3 aromatic carbocycles. The van der Waals surface area contributed by atoms with Crippen molar-refractivity contribution >= 4 is 29.3 Å². The van der Waals surface area contributed by atoms with E-state index >= 15 is 0 Å². The van der Waals surface area contributed by atoms with Crippen molar-refractivity contribution in [2.24, 2.45) is 0 Å². The Kier molecular flexibility index (Phi) is 13.0. The van der Waals surface area contributed by atoms with Crippen LogP contribution < -0.4 is 10.2 Å². The SMILES string of the molecule is CCOC(=O)CC(c1ccccc1)c1ccc(NC(=O)N(CC(OCC)OCC)c2ccc3c(c2)CCN(C(=O)C(F)(F)F)CC3)cc1. The third-order valence-electron chi connectivity index (χ3n) is 8.06. The lowest BCUT2D eigenvalue weighted by atomic mass is 9.88. The van der Waals surface area contributed by atoms with Crippen LogP contribution in [-0.4, -0.2) is 74.7 Å². The predicted molar refractivity (Wildman–Crippen MR) is 176 cm³/mol. The lowest BCUT2D eigenvalue weighted by Gasteiger charge is -2.28. The van der Waals surface area contributed by atoms with Gasteiger partial charge in [-0.25, -0.2) is 4.79 Å². The highest BCUT2D eigenvalue weighted by Gasteiger charge is 2.42. The molecule has 1 atom stereocenters. The van der Waals surface area contributed by atoms with Crippen molar-refractivity contribution in [3.8, 4) is 0 Å². The van der Waals surface area contributed by atoms with Crippen molar-refractivity contribution in [2.75, 3.05) is 49.7 Å². The van der Waals surface area contributed by atoms with Crippen LogP contribution >= 0.6 is 0 Å². The number of carbonyl (C=O) groups is 3. The molecule has 0 spiro atoms. The molecule has 0 aliphatic carbocycles. The number of hydrogen-bond donors (Lipinski definition) is 1. The summed E-state index contributed by atoms with van der Waals surface area (Å²) in [7, 11) is 0. The van der Waals surface area contributed by atoms with Gasteiger partial charge in [-0.05, 0) is 80.1 Å². The van der Waals surface area contributed by atoms with E-state index in [9.17, 15) is 27.6 Å². The van der Waals surface area contributed by atoms with Crippen LogP contribution in [0.4, 0.5) is 29.3 Å². The Bertz CT molecular complexity index is 1510. The number of anilines is 2. The van der Waals surface area contributed by atoms with Gasteiger partial charge >= 0.3 is 24.1 Å². The van der Waals surface area contributed by atoms with Crippen molar-refractivity contribution in [3.63, 3.8) is 0 Å². The number of alkyl halides is 3. The first-order chi connectivity index (χ1) is 23.0. The Labute approximate surface area is 279 Å². The van der Waals surface area contributed by atoms with Crippen LogP contribution in [0.1, 0.15) is 55.4 Å². The number of nitrogens with zero attached hydrogens (tertiary/aromatic N) is 2. The van der Waals surface area contributed by atoms with Crippen LogP contribution in [0.2, 0.25) is 0 Å². The average Bonchev–Trinajstić information content (AvgIpc) is 3.28. The predicted octanol–water partition coefficient (Wildman–Crippen LogP) is 6.70. The van der Waals surface area contributed by atoms with Gasteiger partial charge in [0.15, 0.2) is 6.29 Å². The summed E-state index contributed by atoms with van der Waals surface area (Å²) in [5.41, 5.74) is 4.42. The van der Waals surface area contributed by atoms with Gasteiger partial charge in [0.25, 0.3) is 0 Å². The number of ether oxygens (including phenoxy) is 3. The maximum atomic E-state index is 13.9. The lowest BCUT2D eigenvalue weighted by Crippen LogP contribution is -2.42. The Morgan fingerprint density at radius 3 is 2.06 bits per heavy atom. The largest absolute Gasteiger partial charge is 0.471 e. The molecule has 1 heterocycles. The maximum Gasteiger partial charge on any atom is 0.471 e. The zero-order valence-corrected chi connectivity index (χ0v) is 27.4. The molecule has 48 heavy (non-hydrogen) atoms. The molecular weight excluding hydrogens is 627 g/mol. The summed E-state index contributed by atoms with van der Waals surface area (Å²) in [6.07, 6.45) is -5.05. The van der Waals surface area contributed by atoms with E-state index in [1.165, 1.54) is 4.90 Å². The van der Waals surface area contributed by atoms with E-state index < -0.39 is 24.4 Å². The average molecular weight is 670 g/mol. The molecule has 1 unspecified atom stereocenters. The lowest BCUT2D eigenvalue weighted by molar-refractivity contribution is -0.185. The topological polar surface area (TPSA) is 97.4 Å². The van der Waals surface area contributed by atoms with E-state index in [1.54, 1.807) is 37.3 Å². The van der Waals surface area contributed by atoms with Gasteiger partial charge in [-0.1, -0.05) is 48.5 Å². The smallest absolute Gasteiger partial charge is 0.466 e. The molecule has 1 aliphatic heterocycles. The minimum absolute atomic E-state index is 0.0404. The van der Waals surface area contributed by atoms with Gasteiger partial charge in [0.1, 0.15) is 0 Å². The number of fused-ring (bicyclic) bond motifs is 1. The zero-order valence-electron chi connectivity index (χ0n) is 27.4. The molecule has 3 aromatic rings. The Morgan fingerprint density at radius 1 is 0.833 bits per heavy atom. The second-order valence-electron chi connectivity index (χ2n) is 11.2. The molecule has 258 valence electrons. The van der Waals surface area contributed by atoms with E-state index in [-0.39, 0.29) is 57.4 Å². The van der Waals surface area contributed by atoms with E-state index in [1.807, 2.05) is 56.3 Å². The van der Waals surface area contributed by atoms with Crippen LogP contribution in [0.25, 0.3) is 0 Å². The summed E-state index contributed by atoms with van der Waals surface area (Å²) >= 11 is 0. The number of carbonyl (C=O) groups excluding carboxylic acids is 3. The molecule has 12 heteroatoms. The van der Waals surface area contributed by atoms with Crippen molar-refractivity contribution in [1.82, 2.24) is 4.90 Å². The van der Waals surface area contributed by atoms with Gasteiger partial charge < -0.3 is 24.4 Å². The third kappa shape index (κ3) is 9.80. The first-order valence-corrected chi connectivity index (χ1v) is 16.1. The van der Waals surface area contributed by atoms with Crippen LogP contribution in [0.5, 0.6) is 0 Å². The zero-order chi connectivity index (χ0) is 34.7. The molecule has 9 nitrogen and oxygen atoms in total. The number of rotatable bonds is 13. The first-order valence-electron chi connectivity index (χ1n) is 16.1. The van der Waals surface area contributed by atoms with Crippen molar-refractivity contribution in [1.29, 1.82) is 0 Å². The molecule has 0 aromatic heterocycles. The number of halogens is 3. The second kappa shape index (κ2) is 17.1. The van der Waals surface area contributed by atoms with Crippen LogP contribution in [0.15, 0.2) is 72.8 Å². The molecular formula is C36H42F3N3O6. The van der Waals surface area contributed by atoms with Crippen LogP contribution in [0, 0.1) is 0 Å². The quantitative estimate of drug-likeness (QED) is 0.161. The summed E-state index contributed by atoms with van der Waals surface area (Å²) < 4.78 is 56.0. The Hall–Kier alpha value is -4.42. The Balaban J connectivity index is 1.57. The molecule has 1 N–H and O–H groups in total. The normalized spacial score (nSPS) is 13.8. The summed E-state index contributed by atoms with van der Waals surface area (Å²) in [4.78, 5) is 40.5. The highest BCUT2D eigenvalue weighted by atomic mass is 19.4. The fourth-order valence-electron chi connectivity index (χ4n) is 5.73. The summed E-state index contributed by atoms with van der Waals surface area (Å²) in [5.74, 6) is -2.40. The molecule has 0 bridgehead atoms. The van der Waals surface area contributed by atoms with Gasteiger partial charge in [-0.2, -0.15) is 13.2 Å². The van der Waals surface area contributed by atoms with Gasteiger partial charge in [0, 0.05) is 43.6 Å². The summed E-state index contributed by atoms with van der Waals surface area (Å²) in [5, 5.41) is 2.93. The molecule has 4 rings (SSSR count). The van der Waals surface area contributed by atoms with Gasteiger partial charge in [-0.3, -0.25) is 14.5 Å². The second-order valence-corrected chi connectivity index (χ2v) is 11.2. The van der Waals surface area contributed by atoms with Crippen LogP contribution in [-0.2, 0) is 36.6 Å². The number of esters is 1. The van der Waals surface area contributed by atoms with Crippen molar-refractivity contribution in [3.05, 3.63) is 95.1 Å². The number of hydrogen-bond acceptors (Lipinski definition) is 6. The number of nitrogens with one attached hydrogen (secondary N) is 1. The molecule has 1 aliphatic rings. The Morgan fingerprint density at radius 2 is 1.46 bits per heavy atom. The molecule has 0 fully saturated rings. The van der Waals surface area contributed by atoms with Crippen molar-refractivity contribution < 1.29 is 41.8 Å². The number of amides is 3. The van der Waals surface area contributed by atoms with Crippen LogP contribution in [0.3, 0.4) is 0 Å². The minimum atomic E-state index is -4.94. The summed E-state index contributed by atoms with van der Waals surface area (Å²) in [6, 6.07) is 21.7. The standard InChI is InChI=1S/C36H42F3N3O6/c1-4-46-32(43)23-31(26-10-8-7-9-11-26)27-12-15-29(16-13-27)40-35(45)42(24-33(47-5-2)48-6-3)30-17-14-25-18-20-41(21-19-28(25)22-30)34(44)36(37,38)39/h7-17,22,31,33H,4-6,18-21,23-24H2,1-3H3,(H,40,45). The van der Waals surface area contributed by atoms with Crippen molar-refractivity contribution in [2.45, 2.75) is 58.4 Å². The molecule has 3 amide bonds. The van der Waals surface area contributed by atoms with E-state index in [0.717, 1.165) is 27.2 Å². The minimum Gasteiger partial charge on any atom is -0.466 e. The highest BCUT2D eigenvalue weighted by molar-refractivity contribution is 6.02. The van der Waals surface area contributed by atoms with E-state index in [0.29, 0.717) is 24.6 Å². The fourth-order valence-corrected chi connectivity index (χ4v) is 5.73. The maximum absolute atomic E-state index is 13.9. The van der Waals surface area contributed by atoms with E-state index in [2.05, 4.69) is 5.32 Å². The first kappa shape index (κ1) is 36.4. The monoisotopic (exact) mass is 669 g/mol. The highest BCUT2D eigenvalue weighted by Crippen LogP contribution is 2.30. The van der Waals surface area contributed by atoms with E-state index in [4.69, 9.17) is 14.2 Å². The molecule has 0 radical (unpaired) electrons.